The number of benzene rings is 1. The van der Waals surface area contributed by atoms with Crippen LogP contribution in [0.4, 0.5) is 11.4 Å². The van der Waals surface area contributed by atoms with Crippen molar-refractivity contribution >= 4 is 17.3 Å². The summed E-state index contributed by atoms with van der Waals surface area (Å²) < 4.78 is 0. The number of aryl methyl sites for hydroxylation is 1. The van der Waals surface area contributed by atoms with E-state index in [1.807, 2.05) is 4.90 Å². The van der Waals surface area contributed by atoms with Gasteiger partial charge in [-0.15, -0.1) is 0 Å². The summed E-state index contributed by atoms with van der Waals surface area (Å²) in [5.41, 5.74) is 9.46. The standard InChI is InChI=1S/C19H29N3O/c1-15-8-12-21(13-9-15)18-6-4-16(14-17(18)20)5-7-19(23)22-10-2-3-11-22/h4,6,14-15H,2-3,5,7-13,20H2,1H3. The van der Waals surface area contributed by atoms with Crippen LogP contribution in [-0.4, -0.2) is 37.0 Å². The molecule has 1 aromatic rings. The number of rotatable bonds is 4. The molecule has 0 atom stereocenters. The van der Waals surface area contributed by atoms with Crippen LogP contribution in [0, 0.1) is 5.92 Å². The molecular weight excluding hydrogens is 286 g/mol. The van der Waals surface area contributed by atoms with Gasteiger partial charge < -0.3 is 15.5 Å². The molecule has 4 nitrogen and oxygen atoms in total. The molecule has 2 aliphatic heterocycles. The fraction of sp³-hybridized carbons (Fsp3) is 0.632. The van der Waals surface area contributed by atoms with Gasteiger partial charge >= 0.3 is 0 Å². The molecule has 23 heavy (non-hydrogen) atoms. The fourth-order valence-corrected chi connectivity index (χ4v) is 3.67. The first kappa shape index (κ1) is 16.2. The molecule has 2 fully saturated rings. The molecular formula is C19H29N3O. The molecule has 0 radical (unpaired) electrons. The summed E-state index contributed by atoms with van der Waals surface area (Å²) in [5.74, 6) is 1.11. The quantitative estimate of drug-likeness (QED) is 0.869. The first-order chi connectivity index (χ1) is 11.1. The molecule has 0 spiro atoms. The van der Waals surface area contributed by atoms with Gasteiger partial charge in [-0.2, -0.15) is 0 Å². The average Bonchev–Trinajstić information content (AvgIpc) is 3.08. The highest BCUT2D eigenvalue weighted by molar-refractivity contribution is 5.77. The summed E-state index contributed by atoms with van der Waals surface area (Å²) in [4.78, 5) is 16.5. The van der Waals surface area contributed by atoms with Crippen LogP contribution in [0.2, 0.25) is 0 Å². The lowest BCUT2D eigenvalue weighted by Crippen LogP contribution is -2.33. The summed E-state index contributed by atoms with van der Waals surface area (Å²) in [6.07, 6.45) is 6.18. The number of likely N-dealkylation sites (tertiary alicyclic amines) is 1. The van der Waals surface area contributed by atoms with Crippen molar-refractivity contribution in [3.8, 4) is 0 Å². The van der Waals surface area contributed by atoms with Gasteiger partial charge in [0.25, 0.3) is 0 Å². The number of carbonyl (C=O) groups excluding carboxylic acids is 1. The third-order valence-corrected chi connectivity index (χ3v) is 5.30. The van der Waals surface area contributed by atoms with Crippen LogP contribution in [0.3, 0.4) is 0 Å². The molecule has 0 aromatic heterocycles. The monoisotopic (exact) mass is 315 g/mol. The second-order valence-corrected chi connectivity index (χ2v) is 7.15. The predicted octanol–water partition coefficient (Wildman–Crippen LogP) is 3.06. The zero-order chi connectivity index (χ0) is 16.2. The lowest BCUT2D eigenvalue weighted by molar-refractivity contribution is -0.130. The minimum absolute atomic E-state index is 0.287. The molecule has 0 saturated carbocycles. The number of anilines is 2. The smallest absolute Gasteiger partial charge is 0.222 e. The molecule has 0 bridgehead atoms. The van der Waals surface area contributed by atoms with Crippen molar-refractivity contribution in [2.75, 3.05) is 36.8 Å². The summed E-state index contributed by atoms with van der Waals surface area (Å²) >= 11 is 0. The van der Waals surface area contributed by atoms with Gasteiger partial charge in [0.2, 0.25) is 5.91 Å². The minimum Gasteiger partial charge on any atom is -0.397 e. The van der Waals surface area contributed by atoms with E-state index in [0.29, 0.717) is 6.42 Å². The second kappa shape index (κ2) is 7.24. The highest BCUT2D eigenvalue weighted by Crippen LogP contribution is 2.29. The Labute approximate surface area is 139 Å². The zero-order valence-corrected chi connectivity index (χ0v) is 14.3. The molecule has 0 unspecified atom stereocenters. The van der Waals surface area contributed by atoms with E-state index in [1.54, 1.807) is 0 Å². The van der Waals surface area contributed by atoms with Gasteiger partial charge in [-0.1, -0.05) is 13.0 Å². The molecule has 4 heteroatoms. The van der Waals surface area contributed by atoms with Gasteiger partial charge in [0.15, 0.2) is 0 Å². The minimum atomic E-state index is 0.287. The third-order valence-electron chi connectivity index (χ3n) is 5.30. The number of nitrogens with two attached hydrogens (primary N) is 1. The SMILES string of the molecule is CC1CCN(c2ccc(CCC(=O)N3CCCC3)cc2N)CC1. The zero-order valence-electron chi connectivity index (χ0n) is 14.3. The van der Waals surface area contributed by atoms with Crippen LogP contribution in [0.1, 0.15) is 44.6 Å². The Kier molecular flexibility index (Phi) is 5.09. The van der Waals surface area contributed by atoms with Crippen molar-refractivity contribution in [1.82, 2.24) is 4.90 Å². The maximum Gasteiger partial charge on any atom is 0.222 e. The Morgan fingerprint density at radius 1 is 1.17 bits per heavy atom. The number of hydrogen-bond donors (Lipinski definition) is 1. The molecule has 3 rings (SSSR count). The highest BCUT2D eigenvalue weighted by atomic mass is 16.2. The average molecular weight is 315 g/mol. The number of amides is 1. The van der Waals surface area contributed by atoms with Crippen molar-refractivity contribution in [1.29, 1.82) is 0 Å². The van der Waals surface area contributed by atoms with E-state index < -0.39 is 0 Å². The van der Waals surface area contributed by atoms with Gasteiger partial charge in [-0.05, 0) is 55.7 Å². The molecule has 126 valence electrons. The lowest BCUT2D eigenvalue weighted by Gasteiger charge is -2.33. The molecule has 2 aliphatic rings. The Hall–Kier alpha value is -1.71. The molecule has 2 heterocycles. The lowest BCUT2D eigenvalue weighted by atomic mass is 9.98. The van der Waals surface area contributed by atoms with E-state index in [9.17, 15) is 4.79 Å². The van der Waals surface area contributed by atoms with Crippen LogP contribution in [-0.2, 0) is 11.2 Å². The van der Waals surface area contributed by atoms with E-state index in [4.69, 9.17) is 5.73 Å². The summed E-state index contributed by atoms with van der Waals surface area (Å²) in [5, 5.41) is 0. The van der Waals surface area contributed by atoms with E-state index in [2.05, 4.69) is 30.0 Å². The van der Waals surface area contributed by atoms with Crippen molar-refractivity contribution in [3.63, 3.8) is 0 Å². The Balaban J connectivity index is 1.57. The Morgan fingerprint density at radius 2 is 1.87 bits per heavy atom. The van der Waals surface area contributed by atoms with E-state index in [0.717, 1.165) is 62.7 Å². The number of carbonyl (C=O) groups is 1. The number of hydrogen-bond acceptors (Lipinski definition) is 3. The molecule has 1 aromatic carbocycles. The van der Waals surface area contributed by atoms with Crippen molar-refractivity contribution in [2.24, 2.45) is 5.92 Å². The maximum atomic E-state index is 12.1. The Bertz CT molecular complexity index is 544. The van der Waals surface area contributed by atoms with Gasteiger partial charge in [0.05, 0.1) is 11.4 Å². The Morgan fingerprint density at radius 3 is 2.52 bits per heavy atom. The largest absolute Gasteiger partial charge is 0.397 e. The van der Waals surface area contributed by atoms with E-state index in [-0.39, 0.29) is 5.91 Å². The molecule has 0 aliphatic carbocycles. The third kappa shape index (κ3) is 3.98. The van der Waals surface area contributed by atoms with Gasteiger partial charge in [-0.3, -0.25) is 4.79 Å². The van der Waals surface area contributed by atoms with E-state index in [1.165, 1.54) is 18.4 Å². The van der Waals surface area contributed by atoms with Gasteiger partial charge in [0, 0.05) is 32.6 Å². The first-order valence-corrected chi connectivity index (χ1v) is 9.04. The topological polar surface area (TPSA) is 49.6 Å². The second-order valence-electron chi connectivity index (χ2n) is 7.15. The predicted molar refractivity (Wildman–Crippen MR) is 95.6 cm³/mol. The number of piperidine rings is 1. The van der Waals surface area contributed by atoms with Crippen LogP contribution in [0.15, 0.2) is 18.2 Å². The summed E-state index contributed by atoms with van der Waals surface area (Å²) in [6.45, 7) is 6.39. The van der Waals surface area contributed by atoms with Crippen LogP contribution < -0.4 is 10.6 Å². The van der Waals surface area contributed by atoms with E-state index >= 15 is 0 Å². The molecule has 2 N–H and O–H groups in total. The normalized spacial score (nSPS) is 19.3. The van der Waals surface area contributed by atoms with Gasteiger partial charge in [-0.25, -0.2) is 0 Å². The van der Waals surface area contributed by atoms with Crippen LogP contribution in [0.25, 0.3) is 0 Å². The number of nitrogens with zero attached hydrogens (tertiary/aromatic N) is 2. The number of nitrogen functional groups attached to an aromatic ring is 1. The maximum absolute atomic E-state index is 12.1. The summed E-state index contributed by atoms with van der Waals surface area (Å²) in [6, 6.07) is 6.34. The fourth-order valence-electron chi connectivity index (χ4n) is 3.67. The van der Waals surface area contributed by atoms with Crippen molar-refractivity contribution in [3.05, 3.63) is 23.8 Å². The first-order valence-electron chi connectivity index (χ1n) is 9.04. The summed E-state index contributed by atoms with van der Waals surface area (Å²) in [7, 11) is 0. The molecule has 2 saturated heterocycles. The molecule has 1 amide bonds. The van der Waals surface area contributed by atoms with Crippen molar-refractivity contribution in [2.45, 2.75) is 45.4 Å². The van der Waals surface area contributed by atoms with Crippen molar-refractivity contribution < 1.29 is 4.79 Å². The van der Waals surface area contributed by atoms with Gasteiger partial charge in [0.1, 0.15) is 0 Å². The van der Waals surface area contributed by atoms with Crippen LogP contribution in [0.5, 0.6) is 0 Å². The highest BCUT2D eigenvalue weighted by Gasteiger charge is 2.19. The van der Waals surface area contributed by atoms with Crippen LogP contribution >= 0.6 is 0 Å².